The molecule has 0 aliphatic heterocycles. The fourth-order valence-corrected chi connectivity index (χ4v) is 2.52. The van der Waals surface area contributed by atoms with Gasteiger partial charge < -0.3 is 15.4 Å². The monoisotopic (exact) mass is 276 g/mol. The van der Waals surface area contributed by atoms with Gasteiger partial charge in [-0.3, -0.25) is 0 Å². The first-order chi connectivity index (χ1) is 9.11. The highest BCUT2D eigenvalue weighted by Gasteiger charge is 2.11. The lowest BCUT2D eigenvalue weighted by Crippen LogP contribution is -2.18. The second-order valence-electron chi connectivity index (χ2n) is 4.25. The van der Waals surface area contributed by atoms with Crippen LogP contribution in [0.2, 0.25) is 0 Å². The molecular weight excluding hydrogens is 260 g/mol. The Balaban J connectivity index is 2.25. The quantitative estimate of drug-likeness (QED) is 0.689. The van der Waals surface area contributed by atoms with Gasteiger partial charge in [0.25, 0.3) is 0 Å². The van der Waals surface area contributed by atoms with Gasteiger partial charge in [0.1, 0.15) is 0 Å². The minimum atomic E-state index is -0.356. The van der Waals surface area contributed by atoms with Crippen molar-refractivity contribution in [2.75, 3.05) is 24.8 Å². The van der Waals surface area contributed by atoms with Crippen molar-refractivity contribution in [1.82, 2.24) is 0 Å². The number of esters is 1. The van der Waals surface area contributed by atoms with Crippen LogP contribution >= 0.6 is 11.3 Å². The molecule has 2 N–H and O–H groups in total. The number of hydrogen-bond donors (Lipinski definition) is 1. The molecule has 0 radical (unpaired) electrons. The van der Waals surface area contributed by atoms with Crippen LogP contribution in [-0.4, -0.2) is 20.1 Å². The van der Waals surface area contributed by atoms with Gasteiger partial charge in [-0.2, -0.15) is 11.3 Å². The van der Waals surface area contributed by atoms with Crippen molar-refractivity contribution in [2.45, 2.75) is 6.54 Å². The van der Waals surface area contributed by atoms with Crippen molar-refractivity contribution in [3.8, 4) is 0 Å². The number of thiophene rings is 1. The van der Waals surface area contributed by atoms with E-state index >= 15 is 0 Å². The van der Waals surface area contributed by atoms with E-state index in [1.54, 1.807) is 29.5 Å². The molecule has 5 heteroatoms. The number of methoxy groups -OCH3 is 1. The Hall–Kier alpha value is -2.01. The topological polar surface area (TPSA) is 55.6 Å². The van der Waals surface area contributed by atoms with Crippen LogP contribution in [-0.2, 0) is 11.3 Å². The van der Waals surface area contributed by atoms with Crippen LogP contribution in [0.25, 0.3) is 0 Å². The molecule has 0 aliphatic rings. The molecule has 0 saturated heterocycles. The molecule has 2 aromatic rings. The molecule has 0 saturated carbocycles. The number of anilines is 2. The lowest BCUT2D eigenvalue weighted by Gasteiger charge is -2.21. The lowest BCUT2D eigenvalue weighted by molar-refractivity contribution is 0.0601. The molecule has 0 fully saturated rings. The van der Waals surface area contributed by atoms with Gasteiger partial charge in [0.05, 0.1) is 24.0 Å². The summed E-state index contributed by atoms with van der Waals surface area (Å²) in [6.45, 7) is 0.748. The zero-order valence-corrected chi connectivity index (χ0v) is 11.7. The largest absolute Gasteiger partial charge is 0.465 e. The molecule has 0 spiro atoms. The van der Waals surface area contributed by atoms with E-state index in [2.05, 4.69) is 11.4 Å². The summed E-state index contributed by atoms with van der Waals surface area (Å²) in [5.41, 5.74) is 9.16. The van der Waals surface area contributed by atoms with Crippen molar-refractivity contribution >= 4 is 28.7 Å². The van der Waals surface area contributed by atoms with Crippen LogP contribution < -0.4 is 10.6 Å². The summed E-state index contributed by atoms with van der Waals surface area (Å²) in [6.07, 6.45) is 0. The molecule has 100 valence electrons. The molecule has 0 bridgehead atoms. The van der Waals surface area contributed by atoms with Crippen LogP contribution in [0.1, 0.15) is 15.9 Å². The molecule has 4 nitrogen and oxygen atoms in total. The minimum Gasteiger partial charge on any atom is -0.465 e. The number of ether oxygens (including phenoxy) is 1. The lowest BCUT2D eigenvalue weighted by atomic mass is 10.1. The van der Waals surface area contributed by atoms with E-state index in [0.717, 1.165) is 12.2 Å². The molecule has 19 heavy (non-hydrogen) atoms. The van der Waals surface area contributed by atoms with Gasteiger partial charge in [0.2, 0.25) is 0 Å². The predicted molar refractivity (Wildman–Crippen MR) is 78.6 cm³/mol. The molecule has 0 atom stereocenters. The predicted octanol–water partition coefficient (Wildman–Crippen LogP) is 2.75. The van der Waals surface area contributed by atoms with Gasteiger partial charge in [-0.15, -0.1) is 0 Å². The van der Waals surface area contributed by atoms with Crippen molar-refractivity contribution in [2.24, 2.45) is 0 Å². The second kappa shape index (κ2) is 5.75. The Morgan fingerprint density at radius 3 is 2.84 bits per heavy atom. The first-order valence-corrected chi connectivity index (χ1v) is 6.76. The van der Waals surface area contributed by atoms with Crippen molar-refractivity contribution < 1.29 is 9.53 Å². The molecule has 1 aromatic heterocycles. The number of nitrogens with two attached hydrogens (primary N) is 1. The maximum Gasteiger partial charge on any atom is 0.337 e. The maximum atomic E-state index is 11.5. The summed E-state index contributed by atoms with van der Waals surface area (Å²) in [7, 11) is 3.32. The summed E-state index contributed by atoms with van der Waals surface area (Å²) in [6, 6.07) is 7.23. The summed E-state index contributed by atoms with van der Waals surface area (Å²) in [5.74, 6) is -0.356. The Morgan fingerprint density at radius 1 is 1.42 bits per heavy atom. The van der Waals surface area contributed by atoms with E-state index in [0.29, 0.717) is 11.3 Å². The van der Waals surface area contributed by atoms with Crippen LogP contribution in [0.5, 0.6) is 0 Å². The summed E-state index contributed by atoms with van der Waals surface area (Å²) in [4.78, 5) is 13.6. The van der Waals surface area contributed by atoms with Crippen molar-refractivity contribution in [3.63, 3.8) is 0 Å². The third-order valence-electron chi connectivity index (χ3n) is 2.86. The number of nitrogen functional groups attached to an aromatic ring is 1. The van der Waals surface area contributed by atoms with E-state index in [-0.39, 0.29) is 5.97 Å². The molecule has 1 heterocycles. The highest BCUT2D eigenvalue weighted by molar-refractivity contribution is 7.07. The van der Waals surface area contributed by atoms with E-state index in [1.165, 1.54) is 12.7 Å². The third kappa shape index (κ3) is 3.06. The number of rotatable bonds is 4. The number of hydrogen-bond acceptors (Lipinski definition) is 5. The number of carbonyl (C=O) groups excluding carboxylic acids is 1. The van der Waals surface area contributed by atoms with E-state index < -0.39 is 0 Å². The molecule has 0 aliphatic carbocycles. The van der Waals surface area contributed by atoms with Gasteiger partial charge in [-0.05, 0) is 40.6 Å². The standard InChI is InChI=1S/C14H16N2O2S/c1-16(8-10-5-6-19-9-10)13-7-11(14(17)18-2)3-4-12(13)15/h3-7,9H,8,15H2,1-2H3. The van der Waals surface area contributed by atoms with Crippen LogP contribution in [0.4, 0.5) is 11.4 Å². The molecule has 1 aromatic carbocycles. The molecular formula is C14H16N2O2S. The van der Waals surface area contributed by atoms with Crippen molar-refractivity contribution in [1.29, 1.82) is 0 Å². The zero-order valence-electron chi connectivity index (χ0n) is 10.9. The summed E-state index contributed by atoms with van der Waals surface area (Å²) in [5, 5.41) is 4.13. The number of nitrogens with zero attached hydrogens (tertiary/aromatic N) is 1. The third-order valence-corrected chi connectivity index (χ3v) is 3.59. The highest BCUT2D eigenvalue weighted by atomic mass is 32.1. The normalized spacial score (nSPS) is 10.2. The molecule has 0 unspecified atom stereocenters. The molecule has 2 rings (SSSR count). The first kappa shape index (κ1) is 13.4. The summed E-state index contributed by atoms with van der Waals surface area (Å²) < 4.78 is 4.72. The van der Waals surface area contributed by atoms with Gasteiger partial charge in [0, 0.05) is 13.6 Å². The smallest absolute Gasteiger partial charge is 0.337 e. The Bertz CT molecular complexity index is 567. The Labute approximate surface area is 116 Å². The van der Waals surface area contributed by atoms with E-state index in [9.17, 15) is 4.79 Å². The number of carbonyl (C=O) groups is 1. The van der Waals surface area contributed by atoms with E-state index in [1.807, 2.05) is 17.3 Å². The van der Waals surface area contributed by atoms with Gasteiger partial charge in [0.15, 0.2) is 0 Å². The SMILES string of the molecule is COC(=O)c1ccc(N)c(N(C)Cc2ccsc2)c1. The Morgan fingerprint density at radius 2 is 2.21 bits per heavy atom. The zero-order chi connectivity index (χ0) is 13.8. The van der Waals surface area contributed by atoms with E-state index in [4.69, 9.17) is 10.5 Å². The summed E-state index contributed by atoms with van der Waals surface area (Å²) >= 11 is 1.66. The fraction of sp³-hybridized carbons (Fsp3) is 0.214. The first-order valence-electron chi connectivity index (χ1n) is 5.82. The van der Waals surface area contributed by atoms with Crippen LogP contribution in [0, 0.1) is 0 Å². The average Bonchev–Trinajstić information content (AvgIpc) is 2.91. The van der Waals surface area contributed by atoms with Gasteiger partial charge in [-0.25, -0.2) is 4.79 Å². The van der Waals surface area contributed by atoms with Gasteiger partial charge in [-0.1, -0.05) is 0 Å². The van der Waals surface area contributed by atoms with Gasteiger partial charge >= 0.3 is 5.97 Å². The number of benzene rings is 1. The second-order valence-corrected chi connectivity index (χ2v) is 5.03. The average molecular weight is 276 g/mol. The minimum absolute atomic E-state index is 0.356. The fourth-order valence-electron chi connectivity index (χ4n) is 1.86. The maximum absolute atomic E-state index is 11.5. The molecule has 0 amide bonds. The highest BCUT2D eigenvalue weighted by Crippen LogP contribution is 2.25. The Kier molecular flexibility index (Phi) is 4.06. The van der Waals surface area contributed by atoms with Crippen LogP contribution in [0.3, 0.4) is 0 Å². The van der Waals surface area contributed by atoms with Crippen LogP contribution in [0.15, 0.2) is 35.0 Å². The van der Waals surface area contributed by atoms with Crippen molar-refractivity contribution in [3.05, 3.63) is 46.2 Å².